The number of aliphatic carboxylic acids is 1. The number of hydrogen-bond donors (Lipinski definition) is 1. The largest absolute Gasteiger partial charge is 0.546 e. The molecule has 1 amide bonds. The van der Waals surface area contributed by atoms with Crippen molar-refractivity contribution in [2.75, 3.05) is 18.6 Å². The number of carboxylic acid groups (broad SMARTS) is 1. The minimum absolute atomic E-state index is 0.139. The van der Waals surface area contributed by atoms with Crippen LogP contribution < -0.4 is 14.7 Å². The Morgan fingerprint density at radius 3 is 2.71 bits per heavy atom. The van der Waals surface area contributed by atoms with Gasteiger partial charge in [-0.15, -0.1) is 0 Å². The van der Waals surface area contributed by atoms with Gasteiger partial charge in [0.2, 0.25) is 0 Å². The van der Waals surface area contributed by atoms with E-state index in [0.29, 0.717) is 20.7 Å². The van der Waals surface area contributed by atoms with Crippen LogP contribution in [-0.4, -0.2) is 35.8 Å². The summed E-state index contributed by atoms with van der Waals surface area (Å²) in [6.07, 6.45) is 1.55. The summed E-state index contributed by atoms with van der Waals surface area (Å²) in [6.45, 7) is -0.621. The maximum absolute atomic E-state index is 12.3. The van der Waals surface area contributed by atoms with Crippen LogP contribution in [0.15, 0.2) is 52.4 Å². The van der Waals surface area contributed by atoms with E-state index < -0.39 is 18.5 Å². The first-order chi connectivity index (χ1) is 13.3. The standard InChI is InChI=1S/C19H15ClN2O5S/c1-22(13-3-5-14(23)6-4-13)19-21-18(26)16(28-19)9-11-8-12(20)2-7-15(11)27-10-17(24)25/h2-9,23H,10H2,1H3,(H,24,25)/p-1/b16-9-. The first-order valence-corrected chi connectivity index (χ1v) is 9.20. The van der Waals surface area contributed by atoms with E-state index in [1.54, 1.807) is 42.3 Å². The number of aromatic hydroxyl groups is 1. The molecule has 0 aliphatic carbocycles. The van der Waals surface area contributed by atoms with Crippen LogP contribution in [-0.2, 0) is 9.59 Å². The smallest absolute Gasteiger partial charge is 0.286 e. The number of carbonyl (C=O) groups is 2. The van der Waals surface area contributed by atoms with Gasteiger partial charge in [-0.2, -0.15) is 4.99 Å². The number of carboxylic acids is 1. The van der Waals surface area contributed by atoms with Crippen molar-refractivity contribution in [3.05, 3.63) is 58.0 Å². The summed E-state index contributed by atoms with van der Waals surface area (Å²) in [7, 11) is 1.75. The number of thioether (sulfide) groups is 1. The molecule has 28 heavy (non-hydrogen) atoms. The van der Waals surface area contributed by atoms with Crippen molar-refractivity contribution in [3.8, 4) is 11.5 Å². The number of nitrogens with zero attached hydrogens (tertiary/aromatic N) is 2. The lowest BCUT2D eigenvalue weighted by Gasteiger charge is -2.17. The number of phenolic OH excluding ortho intramolecular Hbond substituents is 1. The van der Waals surface area contributed by atoms with Crippen molar-refractivity contribution in [1.29, 1.82) is 0 Å². The molecule has 0 aromatic heterocycles. The van der Waals surface area contributed by atoms with Gasteiger partial charge >= 0.3 is 0 Å². The van der Waals surface area contributed by atoms with Crippen molar-refractivity contribution in [2.45, 2.75) is 0 Å². The van der Waals surface area contributed by atoms with Gasteiger partial charge in [-0.3, -0.25) is 4.79 Å². The number of benzene rings is 2. The van der Waals surface area contributed by atoms with Gasteiger partial charge in [0.15, 0.2) is 5.17 Å². The van der Waals surface area contributed by atoms with Crippen LogP contribution in [0.25, 0.3) is 6.08 Å². The molecule has 2 aromatic rings. The highest BCUT2D eigenvalue weighted by Crippen LogP contribution is 2.34. The van der Waals surface area contributed by atoms with E-state index >= 15 is 0 Å². The van der Waals surface area contributed by atoms with Crippen LogP contribution in [0.3, 0.4) is 0 Å². The van der Waals surface area contributed by atoms with E-state index in [9.17, 15) is 19.8 Å². The molecule has 0 bridgehead atoms. The van der Waals surface area contributed by atoms with Gasteiger partial charge in [0.25, 0.3) is 5.91 Å². The molecule has 1 heterocycles. The SMILES string of the molecule is CN(C1=NC(=O)/C(=C/c2cc(Cl)ccc2OCC(=O)[O-])S1)c1ccc(O)cc1. The summed E-state index contributed by atoms with van der Waals surface area (Å²) < 4.78 is 5.20. The zero-order valence-corrected chi connectivity index (χ0v) is 16.2. The predicted octanol–water partition coefficient (Wildman–Crippen LogP) is 2.28. The van der Waals surface area contributed by atoms with E-state index in [4.69, 9.17) is 16.3 Å². The molecular formula is C19H14ClN2O5S-. The van der Waals surface area contributed by atoms with Crippen molar-refractivity contribution in [2.24, 2.45) is 4.99 Å². The summed E-state index contributed by atoms with van der Waals surface area (Å²) in [5.41, 5.74) is 1.20. The summed E-state index contributed by atoms with van der Waals surface area (Å²) >= 11 is 7.17. The van der Waals surface area contributed by atoms with Crippen LogP contribution in [0.4, 0.5) is 5.69 Å². The van der Waals surface area contributed by atoms with Crippen LogP contribution >= 0.6 is 23.4 Å². The molecule has 0 saturated heterocycles. The van der Waals surface area contributed by atoms with Gasteiger partial charge in [-0.05, 0) is 60.3 Å². The molecule has 0 unspecified atom stereocenters. The molecule has 0 atom stereocenters. The van der Waals surface area contributed by atoms with Crippen molar-refractivity contribution in [1.82, 2.24) is 0 Å². The van der Waals surface area contributed by atoms with Gasteiger partial charge in [0, 0.05) is 23.3 Å². The molecule has 2 aromatic carbocycles. The number of amides is 1. The third-order valence-corrected chi connectivity index (χ3v) is 5.03. The Morgan fingerprint density at radius 2 is 2.04 bits per heavy atom. The van der Waals surface area contributed by atoms with E-state index in [0.717, 1.165) is 17.4 Å². The molecule has 1 aliphatic rings. The van der Waals surface area contributed by atoms with Crippen molar-refractivity contribution < 1.29 is 24.5 Å². The zero-order valence-electron chi connectivity index (χ0n) is 14.6. The monoisotopic (exact) mass is 417 g/mol. The van der Waals surface area contributed by atoms with Crippen LogP contribution in [0.2, 0.25) is 5.02 Å². The zero-order chi connectivity index (χ0) is 20.3. The normalized spacial score (nSPS) is 14.9. The number of ether oxygens (including phenoxy) is 1. The Morgan fingerprint density at radius 1 is 1.32 bits per heavy atom. The third kappa shape index (κ3) is 4.65. The highest BCUT2D eigenvalue weighted by Gasteiger charge is 2.25. The van der Waals surface area contributed by atoms with Crippen molar-refractivity contribution >= 4 is 52.2 Å². The van der Waals surface area contributed by atoms with Gasteiger partial charge in [0.1, 0.15) is 18.1 Å². The molecule has 1 aliphatic heterocycles. The summed E-state index contributed by atoms with van der Waals surface area (Å²) in [5.74, 6) is -1.40. The number of hydrogen-bond acceptors (Lipinski definition) is 7. The molecule has 9 heteroatoms. The molecule has 3 rings (SSSR count). The first kappa shape index (κ1) is 19.8. The molecule has 0 saturated carbocycles. The average Bonchev–Trinajstić information content (AvgIpc) is 3.01. The molecule has 0 fully saturated rings. The van der Waals surface area contributed by atoms with E-state index in [-0.39, 0.29) is 11.5 Å². The van der Waals surface area contributed by atoms with E-state index in [1.165, 1.54) is 18.2 Å². The number of carbonyl (C=O) groups excluding carboxylic acids is 2. The van der Waals surface area contributed by atoms with Crippen molar-refractivity contribution in [3.63, 3.8) is 0 Å². The van der Waals surface area contributed by atoms with E-state index in [2.05, 4.69) is 4.99 Å². The van der Waals surface area contributed by atoms with Gasteiger partial charge in [0.05, 0.1) is 10.9 Å². The molecule has 7 nitrogen and oxygen atoms in total. The highest BCUT2D eigenvalue weighted by molar-refractivity contribution is 8.18. The fourth-order valence-electron chi connectivity index (χ4n) is 2.37. The number of rotatable bonds is 5. The third-order valence-electron chi connectivity index (χ3n) is 3.74. The second-order valence-corrected chi connectivity index (χ2v) is 7.17. The maximum atomic E-state index is 12.3. The van der Waals surface area contributed by atoms with Crippen LogP contribution in [0.1, 0.15) is 5.56 Å². The summed E-state index contributed by atoms with van der Waals surface area (Å²) in [5, 5.41) is 20.9. The fourth-order valence-corrected chi connectivity index (χ4v) is 3.44. The van der Waals surface area contributed by atoms with Gasteiger partial charge in [-0.25, -0.2) is 0 Å². The van der Waals surface area contributed by atoms with Gasteiger partial charge in [-0.1, -0.05) is 11.6 Å². The minimum Gasteiger partial charge on any atom is -0.546 e. The Balaban J connectivity index is 1.83. The number of halogens is 1. The lowest BCUT2D eigenvalue weighted by Crippen LogP contribution is -2.29. The number of phenols is 1. The second-order valence-electron chi connectivity index (χ2n) is 5.73. The average molecular weight is 418 g/mol. The Bertz CT molecular complexity index is 988. The lowest BCUT2D eigenvalue weighted by molar-refractivity contribution is -0.307. The lowest BCUT2D eigenvalue weighted by atomic mass is 10.2. The predicted molar refractivity (Wildman–Crippen MR) is 106 cm³/mol. The van der Waals surface area contributed by atoms with Gasteiger partial charge < -0.3 is 24.6 Å². The second kappa shape index (κ2) is 8.37. The van der Waals surface area contributed by atoms with E-state index in [1.807, 2.05) is 0 Å². The number of amidine groups is 1. The Kier molecular flexibility index (Phi) is 5.91. The quantitative estimate of drug-likeness (QED) is 0.744. The topological polar surface area (TPSA) is 102 Å². The Labute approximate surface area is 169 Å². The molecular weight excluding hydrogens is 404 g/mol. The Hall–Kier alpha value is -2.97. The highest BCUT2D eigenvalue weighted by atomic mass is 35.5. The molecule has 1 N–H and O–H groups in total. The minimum atomic E-state index is -1.36. The molecule has 0 radical (unpaired) electrons. The van der Waals surface area contributed by atoms with Crippen LogP contribution in [0, 0.1) is 0 Å². The first-order valence-electron chi connectivity index (χ1n) is 8.01. The summed E-state index contributed by atoms with van der Waals surface area (Å²) in [6, 6.07) is 11.1. The number of aliphatic imine (C=N–C) groups is 1. The summed E-state index contributed by atoms with van der Waals surface area (Å²) in [4.78, 5) is 29.1. The number of anilines is 1. The molecule has 144 valence electrons. The molecule has 0 spiro atoms. The van der Waals surface area contributed by atoms with Crippen LogP contribution in [0.5, 0.6) is 11.5 Å². The maximum Gasteiger partial charge on any atom is 0.286 e. The fraction of sp³-hybridized carbons (Fsp3) is 0.105.